The minimum absolute atomic E-state index is 0.133. The molecule has 0 spiro atoms. The van der Waals surface area contributed by atoms with E-state index in [9.17, 15) is 14.4 Å². The number of carbonyl (C=O) groups is 2. The van der Waals surface area contributed by atoms with Gasteiger partial charge in [-0.25, -0.2) is 4.98 Å². The minimum atomic E-state index is -0.229. The number of carbonyl (C=O) groups excluding carboxylic acids is 2. The second kappa shape index (κ2) is 10.4. The Morgan fingerprint density at radius 3 is 2.61 bits per heavy atom. The number of aromatic amines is 1. The summed E-state index contributed by atoms with van der Waals surface area (Å²) >= 11 is 1.36. The molecule has 3 aromatic rings. The molecule has 0 atom stereocenters. The van der Waals surface area contributed by atoms with Crippen molar-refractivity contribution in [3.05, 3.63) is 68.3 Å². The minimum Gasteiger partial charge on any atom is -0.378 e. The van der Waals surface area contributed by atoms with Crippen LogP contribution in [0.25, 0.3) is 0 Å². The SMILES string of the molecule is Cc1nc(N2CCOCC2)[nH]c(=O)c1CCC(=O)Nc1cccc(NC(=O)c2cccs2)c1. The van der Waals surface area contributed by atoms with E-state index >= 15 is 0 Å². The quantitative estimate of drug-likeness (QED) is 0.492. The van der Waals surface area contributed by atoms with Gasteiger partial charge in [-0.1, -0.05) is 12.1 Å². The van der Waals surface area contributed by atoms with Gasteiger partial charge in [0, 0.05) is 42.1 Å². The molecule has 3 N–H and O–H groups in total. The molecule has 1 aromatic carbocycles. The van der Waals surface area contributed by atoms with Crippen LogP contribution < -0.4 is 21.1 Å². The molecule has 0 bridgehead atoms. The molecule has 33 heavy (non-hydrogen) atoms. The summed E-state index contributed by atoms with van der Waals surface area (Å²) in [4.78, 5) is 47.3. The summed E-state index contributed by atoms with van der Waals surface area (Å²) in [6, 6.07) is 10.5. The largest absolute Gasteiger partial charge is 0.378 e. The third-order valence-electron chi connectivity index (χ3n) is 5.27. The van der Waals surface area contributed by atoms with Crippen LogP contribution in [0.2, 0.25) is 0 Å². The van der Waals surface area contributed by atoms with E-state index in [0.29, 0.717) is 59.8 Å². The number of thiophene rings is 1. The molecular weight excluding hydrogens is 442 g/mol. The molecule has 2 amide bonds. The van der Waals surface area contributed by atoms with Gasteiger partial charge in [0.05, 0.1) is 18.1 Å². The van der Waals surface area contributed by atoms with Crippen LogP contribution in [0.15, 0.2) is 46.6 Å². The Labute approximate surface area is 194 Å². The van der Waals surface area contributed by atoms with Gasteiger partial charge in [0.25, 0.3) is 11.5 Å². The predicted octanol–water partition coefficient (Wildman–Crippen LogP) is 2.80. The number of hydrogen-bond acceptors (Lipinski definition) is 7. The molecule has 10 heteroatoms. The number of nitrogens with one attached hydrogen (secondary N) is 3. The van der Waals surface area contributed by atoms with Crippen LogP contribution in [0.3, 0.4) is 0 Å². The molecule has 3 heterocycles. The van der Waals surface area contributed by atoms with Crippen LogP contribution in [-0.4, -0.2) is 48.1 Å². The van der Waals surface area contributed by atoms with Gasteiger partial charge in [-0.05, 0) is 43.0 Å². The fourth-order valence-electron chi connectivity index (χ4n) is 3.55. The van der Waals surface area contributed by atoms with E-state index in [0.717, 1.165) is 0 Å². The maximum Gasteiger partial charge on any atom is 0.265 e. The van der Waals surface area contributed by atoms with Crippen molar-refractivity contribution in [2.75, 3.05) is 41.8 Å². The number of rotatable bonds is 7. The van der Waals surface area contributed by atoms with Crippen molar-refractivity contribution in [3.8, 4) is 0 Å². The van der Waals surface area contributed by atoms with Crippen LogP contribution in [0.4, 0.5) is 17.3 Å². The zero-order valence-electron chi connectivity index (χ0n) is 18.2. The Morgan fingerprint density at radius 2 is 1.91 bits per heavy atom. The van der Waals surface area contributed by atoms with Gasteiger partial charge in [0.1, 0.15) is 0 Å². The molecule has 1 aliphatic rings. The van der Waals surface area contributed by atoms with Crippen molar-refractivity contribution in [3.63, 3.8) is 0 Å². The third-order valence-corrected chi connectivity index (χ3v) is 6.14. The van der Waals surface area contributed by atoms with Crippen LogP contribution in [-0.2, 0) is 16.0 Å². The summed E-state index contributed by atoms with van der Waals surface area (Å²) in [6.07, 6.45) is 0.409. The smallest absolute Gasteiger partial charge is 0.265 e. The highest BCUT2D eigenvalue weighted by Crippen LogP contribution is 2.18. The number of benzene rings is 1. The fourth-order valence-corrected chi connectivity index (χ4v) is 4.17. The van der Waals surface area contributed by atoms with Crippen LogP contribution in [0.1, 0.15) is 27.3 Å². The number of aromatic nitrogens is 2. The topological polar surface area (TPSA) is 116 Å². The Bertz CT molecular complexity index is 1190. The highest BCUT2D eigenvalue weighted by Gasteiger charge is 2.17. The van der Waals surface area contributed by atoms with Crippen molar-refractivity contribution < 1.29 is 14.3 Å². The standard InChI is InChI=1S/C23H25N5O4S/c1-15-18(21(30)27-23(24-15)28-9-11-32-12-10-28)7-8-20(29)25-16-4-2-5-17(14-16)26-22(31)19-6-3-13-33-19/h2-6,13-14H,7-12H2,1H3,(H,25,29)(H,26,31)(H,24,27,30). The van der Waals surface area contributed by atoms with Crippen molar-refractivity contribution in [1.29, 1.82) is 0 Å². The van der Waals surface area contributed by atoms with E-state index in [-0.39, 0.29) is 30.2 Å². The molecule has 1 fully saturated rings. The van der Waals surface area contributed by atoms with Gasteiger partial charge in [0.2, 0.25) is 11.9 Å². The van der Waals surface area contributed by atoms with E-state index in [1.54, 1.807) is 37.3 Å². The van der Waals surface area contributed by atoms with Crippen molar-refractivity contribution in [2.24, 2.45) is 0 Å². The second-order valence-corrected chi connectivity index (χ2v) is 8.56. The molecule has 2 aromatic heterocycles. The highest BCUT2D eigenvalue weighted by atomic mass is 32.1. The summed E-state index contributed by atoms with van der Waals surface area (Å²) in [7, 11) is 0. The monoisotopic (exact) mass is 467 g/mol. The fraction of sp³-hybridized carbons (Fsp3) is 0.304. The molecule has 1 saturated heterocycles. The predicted molar refractivity (Wildman–Crippen MR) is 128 cm³/mol. The molecule has 0 aliphatic carbocycles. The summed E-state index contributed by atoms with van der Waals surface area (Å²) in [5.41, 5.74) is 2.04. The lowest BCUT2D eigenvalue weighted by Crippen LogP contribution is -2.38. The van der Waals surface area contributed by atoms with Crippen LogP contribution >= 0.6 is 11.3 Å². The van der Waals surface area contributed by atoms with Crippen LogP contribution in [0, 0.1) is 6.92 Å². The molecule has 0 saturated carbocycles. The molecule has 1 aliphatic heterocycles. The van der Waals surface area contributed by atoms with Crippen LogP contribution in [0.5, 0.6) is 0 Å². The maximum atomic E-state index is 12.6. The molecule has 0 unspecified atom stereocenters. The number of morpholine rings is 1. The first-order valence-electron chi connectivity index (χ1n) is 10.7. The number of hydrogen-bond donors (Lipinski definition) is 3. The number of ether oxygens (including phenoxy) is 1. The van der Waals surface area contributed by atoms with E-state index in [1.807, 2.05) is 16.3 Å². The zero-order chi connectivity index (χ0) is 23.2. The molecular formula is C23H25N5O4S. The Morgan fingerprint density at radius 1 is 1.15 bits per heavy atom. The lowest BCUT2D eigenvalue weighted by atomic mass is 10.1. The Kier molecular flexibility index (Phi) is 7.16. The molecule has 172 valence electrons. The number of amides is 2. The Hall–Kier alpha value is -3.50. The van der Waals surface area contributed by atoms with Gasteiger partial charge in [-0.3, -0.25) is 19.4 Å². The first-order valence-corrected chi connectivity index (χ1v) is 11.5. The summed E-state index contributed by atoms with van der Waals surface area (Å²) in [5.74, 6) is 0.111. The van der Waals surface area contributed by atoms with Gasteiger partial charge in [-0.15, -0.1) is 11.3 Å². The average molecular weight is 468 g/mol. The van der Waals surface area contributed by atoms with Gasteiger partial charge in [0.15, 0.2) is 0 Å². The second-order valence-electron chi connectivity index (χ2n) is 7.61. The first kappa shape index (κ1) is 22.7. The molecule has 4 rings (SSSR count). The van der Waals surface area contributed by atoms with E-state index in [1.165, 1.54) is 11.3 Å². The van der Waals surface area contributed by atoms with Crippen molar-refractivity contribution in [1.82, 2.24) is 9.97 Å². The molecule has 9 nitrogen and oxygen atoms in total. The number of aryl methyl sites for hydroxylation is 1. The summed E-state index contributed by atoms with van der Waals surface area (Å²) in [6.45, 7) is 4.34. The highest BCUT2D eigenvalue weighted by molar-refractivity contribution is 7.12. The number of anilines is 3. The van der Waals surface area contributed by atoms with E-state index < -0.39 is 0 Å². The van der Waals surface area contributed by atoms with Gasteiger partial charge >= 0.3 is 0 Å². The molecule has 0 radical (unpaired) electrons. The van der Waals surface area contributed by atoms with Gasteiger partial charge in [-0.2, -0.15) is 0 Å². The average Bonchev–Trinajstić information content (AvgIpc) is 3.34. The van der Waals surface area contributed by atoms with E-state index in [2.05, 4.69) is 20.6 Å². The van der Waals surface area contributed by atoms with Crippen molar-refractivity contribution >= 4 is 40.5 Å². The number of nitrogens with zero attached hydrogens (tertiary/aromatic N) is 2. The van der Waals surface area contributed by atoms with Gasteiger partial charge < -0.3 is 20.3 Å². The van der Waals surface area contributed by atoms with Crippen molar-refractivity contribution in [2.45, 2.75) is 19.8 Å². The zero-order valence-corrected chi connectivity index (χ0v) is 19.0. The normalized spacial score (nSPS) is 13.5. The maximum absolute atomic E-state index is 12.6. The third kappa shape index (κ3) is 5.85. The summed E-state index contributed by atoms with van der Waals surface area (Å²) in [5, 5.41) is 7.48. The lowest BCUT2D eigenvalue weighted by Gasteiger charge is -2.27. The Balaban J connectivity index is 1.35. The summed E-state index contributed by atoms with van der Waals surface area (Å²) < 4.78 is 5.34. The van der Waals surface area contributed by atoms with E-state index in [4.69, 9.17) is 4.74 Å². The number of H-pyrrole nitrogens is 1. The first-order chi connectivity index (χ1) is 16.0. The lowest BCUT2D eigenvalue weighted by molar-refractivity contribution is -0.116.